The highest BCUT2D eigenvalue weighted by atomic mass is 35.5. The second-order valence-corrected chi connectivity index (χ2v) is 12.8. The van der Waals surface area contributed by atoms with Crippen LogP contribution >= 0.6 is 34.8 Å². The van der Waals surface area contributed by atoms with Gasteiger partial charge in [0.2, 0.25) is 0 Å². The van der Waals surface area contributed by atoms with E-state index in [1.165, 1.54) is 38.5 Å². The van der Waals surface area contributed by atoms with Gasteiger partial charge in [0.05, 0.1) is 10.7 Å². The summed E-state index contributed by atoms with van der Waals surface area (Å²) in [6, 6.07) is 13.1. The fraction of sp³-hybridized carbons (Fsp3) is 0.452. The lowest BCUT2D eigenvalue weighted by atomic mass is 9.51. The number of halogens is 3. The minimum Gasteiger partial charge on any atom is -0.351 e. The Kier molecular flexibility index (Phi) is 7.07. The van der Waals surface area contributed by atoms with Crippen molar-refractivity contribution < 1.29 is 4.79 Å². The molecule has 3 nitrogen and oxygen atoms in total. The van der Waals surface area contributed by atoms with Crippen LogP contribution in [-0.2, 0) is 0 Å². The number of hydrogen-bond acceptors (Lipinski definition) is 1. The van der Waals surface area contributed by atoms with Gasteiger partial charge in [-0.05, 0) is 123 Å². The molecule has 4 aliphatic rings. The van der Waals surface area contributed by atoms with E-state index in [9.17, 15) is 4.79 Å². The molecule has 4 bridgehead atoms. The van der Waals surface area contributed by atoms with Gasteiger partial charge < -0.3 is 10.3 Å². The largest absolute Gasteiger partial charge is 0.351 e. The zero-order valence-corrected chi connectivity index (χ0v) is 23.4. The molecule has 7 rings (SSSR count). The van der Waals surface area contributed by atoms with Gasteiger partial charge in [0.15, 0.2) is 0 Å². The number of aromatic amines is 1. The standard InChI is InChI=1S/C31H33Cl3N2O/c1-17-28(20-4-6-23(32)7-5-20)30(26-9-8-24(33)16-27(26)34)36-29(17)31(37)35-10-2-3-25-21-12-18-11-19(14-21)15-22(25)13-18/h4-9,16,18-19,21-22,25,36H,2-3,10-15H2,1H3,(H,35,37). The van der Waals surface area contributed by atoms with Gasteiger partial charge in [-0.1, -0.05) is 46.9 Å². The summed E-state index contributed by atoms with van der Waals surface area (Å²) >= 11 is 18.9. The van der Waals surface area contributed by atoms with Crippen molar-refractivity contribution in [2.24, 2.45) is 29.6 Å². The van der Waals surface area contributed by atoms with Crippen LogP contribution in [-0.4, -0.2) is 17.4 Å². The van der Waals surface area contributed by atoms with Crippen LogP contribution in [0.1, 0.15) is 61.0 Å². The first kappa shape index (κ1) is 25.3. The second-order valence-electron chi connectivity index (χ2n) is 11.5. The lowest BCUT2D eigenvalue weighted by Gasteiger charge is -2.54. The molecule has 0 atom stereocenters. The summed E-state index contributed by atoms with van der Waals surface area (Å²) in [7, 11) is 0. The predicted molar refractivity (Wildman–Crippen MR) is 154 cm³/mol. The molecule has 194 valence electrons. The van der Waals surface area contributed by atoms with E-state index < -0.39 is 0 Å². The van der Waals surface area contributed by atoms with E-state index in [2.05, 4.69) is 10.3 Å². The fourth-order valence-corrected chi connectivity index (χ4v) is 8.46. The Labute approximate surface area is 234 Å². The molecule has 0 spiro atoms. The summed E-state index contributed by atoms with van der Waals surface area (Å²) in [4.78, 5) is 16.8. The molecule has 1 amide bonds. The topological polar surface area (TPSA) is 44.9 Å². The second kappa shape index (κ2) is 10.3. The molecule has 0 saturated heterocycles. The van der Waals surface area contributed by atoms with Crippen molar-refractivity contribution in [1.29, 1.82) is 0 Å². The zero-order chi connectivity index (χ0) is 25.7. The molecule has 1 heterocycles. The van der Waals surface area contributed by atoms with Crippen LogP contribution in [0.4, 0.5) is 0 Å². The number of aromatic nitrogens is 1. The van der Waals surface area contributed by atoms with Crippen molar-refractivity contribution in [1.82, 2.24) is 10.3 Å². The number of carbonyl (C=O) groups is 1. The molecule has 4 saturated carbocycles. The Hall–Kier alpha value is -1.94. The number of nitrogens with one attached hydrogen (secondary N) is 2. The molecular weight excluding hydrogens is 523 g/mol. The first-order valence-corrected chi connectivity index (χ1v) is 14.7. The maximum atomic E-state index is 13.4. The maximum absolute atomic E-state index is 13.4. The number of hydrogen-bond donors (Lipinski definition) is 2. The third-order valence-electron chi connectivity index (χ3n) is 9.23. The van der Waals surface area contributed by atoms with Gasteiger partial charge in [0.25, 0.3) is 5.91 Å². The van der Waals surface area contributed by atoms with Crippen LogP contribution in [0.5, 0.6) is 0 Å². The minimum atomic E-state index is -0.0749. The quantitative estimate of drug-likeness (QED) is 0.280. The lowest BCUT2D eigenvalue weighted by molar-refractivity contribution is -0.0401. The van der Waals surface area contributed by atoms with Gasteiger partial charge in [0.1, 0.15) is 5.69 Å². The molecule has 3 aromatic rings. The van der Waals surface area contributed by atoms with Gasteiger partial charge in [-0.25, -0.2) is 0 Å². The number of rotatable bonds is 7. The summed E-state index contributed by atoms with van der Waals surface area (Å²) in [6.07, 6.45) is 9.58. The van der Waals surface area contributed by atoms with Gasteiger partial charge in [-0.3, -0.25) is 4.79 Å². The first-order chi connectivity index (χ1) is 17.9. The highest BCUT2D eigenvalue weighted by Gasteiger charge is 2.47. The summed E-state index contributed by atoms with van der Waals surface area (Å²) < 4.78 is 0. The monoisotopic (exact) mass is 554 g/mol. The Morgan fingerprint density at radius 2 is 1.57 bits per heavy atom. The average molecular weight is 556 g/mol. The highest BCUT2D eigenvalue weighted by molar-refractivity contribution is 6.36. The molecule has 0 radical (unpaired) electrons. The van der Waals surface area contributed by atoms with E-state index in [1.54, 1.807) is 6.07 Å². The van der Waals surface area contributed by atoms with Gasteiger partial charge in [-0.2, -0.15) is 0 Å². The molecule has 0 aliphatic heterocycles. The summed E-state index contributed by atoms with van der Waals surface area (Å²) in [5.74, 6) is 4.68. The number of H-pyrrole nitrogens is 1. The minimum absolute atomic E-state index is 0.0749. The van der Waals surface area contributed by atoms with E-state index in [-0.39, 0.29) is 5.91 Å². The molecule has 4 fully saturated rings. The first-order valence-electron chi connectivity index (χ1n) is 13.6. The molecule has 2 N–H and O–H groups in total. The predicted octanol–water partition coefficient (Wildman–Crippen LogP) is 9.20. The third-order valence-corrected chi connectivity index (χ3v) is 10.0. The third kappa shape index (κ3) is 4.95. The Balaban J connectivity index is 1.19. The normalized spacial score (nSPS) is 26.0. The van der Waals surface area contributed by atoms with Crippen molar-refractivity contribution in [3.8, 4) is 22.4 Å². The highest BCUT2D eigenvalue weighted by Crippen LogP contribution is 2.57. The van der Waals surface area contributed by atoms with Gasteiger partial charge in [0, 0.05) is 27.7 Å². The lowest BCUT2D eigenvalue weighted by Crippen LogP contribution is -2.45. The van der Waals surface area contributed by atoms with Crippen LogP contribution in [0.3, 0.4) is 0 Å². The Morgan fingerprint density at radius 3 is 2.22 bits per heavy atom. The summed E-state index contributed by atoms with van der Waals surface area (Å²) in [5.41, 5.74) is 4.99. The molecule has 37 heavy (non-hydrogen) atoms. The van der Waals surface area contributed by atoms with E-state index in [0.717, 1.165) is 64.0 Å². The number of carbonyl (C=O) groups excluding carboxylic acids is 1. The van der Waals surface area contributed by atoms with Crippen LogP contribution in [0.2, 0.25) is 15.1 Å². The zero-order valence-electron chi connectivity index (χ0n) is 21.1. The number of benzene rings is 2. The molecule has 2 aromatic carbocycles. The van der Waals surface area contributed by atoms with Gasteiger partial charge >= 0.3 is 0 Å². The molecule has 4 aliphatic carbocycles. The van der Waals surface area contributed by atoms with Crippen LogP contribution in [0.15, 0.2) is 42.5 Å². The van der Waals surface area contributed by atoms with Crippen molar-refractivity contribution in [3.05, 3.63) is 68.8 Å². The van der Waals surface area contributed by atoms with Crippen LogP contribution in [0.25, 0.3) is 22.4 Å². The molecule has 6 heteroatoms. The van der Waals surface area contributed by atoms with Gasteiger partial charge in [-0.15, -0.1) is 0 Å². The average Bonchev–Trinajstić information content (AvgIpc) is 3.20. The van der Waals surface area contributed by atoms with Crippen molar-refractivity contribution in [3.63, 3.8) is 0 Å². The Morgan fingerprint density at radius 1 is 0.919 bits per heavy atom. The van der Waals surface area contributed by atoms with Crippen LogP contribution < -0.4 is 5.32 Å². The summed E-state index contributed by atoms with van der Waals surface area (Å²) in [5, 5.41) is 4.97. The van der Waals surface area contributed by atoms with E-state index in [0.29, 0.717) is 27.3 Å². The van der Waals surface area contributed by atoms with E-state index in [4.69, 9.17) is 34.8 Å². The Bertz CT molecular complexity index is 1280. The van der Waals surface area contributed by atoms with Crippen molar-refractivity contribution >= 4 is 40.7 Å². The smallest absolute Gasteiger partial charge is 0.268 e. The molecular formula is C31H33Cl3N2O. The maximum Gasteiger partial charge on any atom is 0.268 e. The molecule has 0 unspecified atom stereocenters. The van der Waals surface area contributed by atoms with Crippen molar-refractivity contribution in [2.45, 2.75) is 51.9 Å². The van der Waals surface area contributed by atoms with E-state index in [1.807, 2.05) is 43.3 Å². The number of amides is 1. The fourth-order valence-electron chi connectivity index (χ4n) is 7.83. The van der Waals surface area contributed by atoms with Crippen LogP contribution in [0, 0.1) is 36.5 Å². The SMILES string of the molecule is Cc1c(C(=O)NCCCC2C3CC4CC(C3)CC2C4)[nH]c(-c2ccc(Cl)cc2Cl)c1-c1ccc(Cl)cc1. The molecule has 1 aromatic heterocycles. The summed E-state index contributed by atoms with van der Waals surface area (Å²) in [6.45, 7) is 2.69. The van der Waals surface area contributed by atoms with E-state index >= 15 is 0 Å². The van der Waals surface area contributed by atoms with Crippen molar-refractivity contribution in [2.75, 3.05) is 6.54 Å².